The number of carbonyl (C=O) groups excluding carboxylic acids is 2. The molecule has 0 aliphatic carbocycles. The second-order valence-corrected chi connectivity index (χ2v) is 5.78. The van der Waals surface area contributed by atoms with Crippen LogP contribution < -0.4 is 20.7 Å². The molecule has 6 nitrogen and oxygen atoms in total. The highest BCUT2D eigenvalue weighted by Gasteiger charge is 2.31. The Balaban J connectivity index is 1.97. The SMILES string of the molecule is COc1cccc([C@H]2NC(=O)NC(C)=C2C(=O)Nc2ccccc2F)c1. The van der Waals surface area contributed by atoms with Crippen LogP contribution in [0.3, 0.4) is 0 Å². The van der Waals surface area contributed by atoms with Crippen LogP contribution in [0.15, 0.2) is 59.8 Å². The normalized spacial score (nSPS) is 16.6. The number of hydrogen-bond acceptors (Lipinski definition) is 3. The number of halogens is 1. The lowest BCUT2D eigenvalue weighted by molar-refractivity contribution is -0.113. The second kappa shape index (κ2) is 7.26. The highest BCUT2D eigenvalue weighted by Crippen LogP contribution is 2.30. The highest BCUT2D eigenvalue weighted by atomic mass is 19.1. The summed E-state index contributed by atoms with van der Waals surface area (Å²) in [6.45, 7) is 1.63. The number of rotatable bonds is 4. The molecule has 0 saturated carbocycles. The predicted molar refractivity (Wildman–Crippen MR) is 95.1 cm³/mol. The molecular weight excluding hydrogens is 337 g/mol. The zero-order valence-electron chi connectivity index (χ0n) is 14.3. The van der Waals surface area contributed by atoms with Crippen molar-refractivity contribution in [2.75, 3.05) is 12.4 Å². The van der Waals surface area contributed by atoms with Crippen LogP contribution in [-0.2, 0) is 4.79 Å². The lowest BCUT2D eigenvalue weighted by Gasteiger charge is -2.29. The molecule has 1 aliphatic rings. The van der Waals surface area contributed by atoms with E-state index in [0.29, 0.717) is 22.6 Å². The Morgan fingerprint density at radius 2 is 1.96 bits per heavy atom. The fourth-order valence-electron chi connectivity index (χ4n) is 2.82. The summed E-state index contributed by atoms with van der Waals surface area (Å²) in [5, 5.41) is 7.87. The first-order valence-electron chi connectivity index (χ1n) is 7.97. The molecule has 1 atom stereocenters. The van der Waals surface area contributed by atoms with Gasteiger partial charge in [-0.1, -0.05) is 24.3 Å². The molecule has 1 aliphatic heterocycles. The molecule has 0 spiro atoms. The number of ether oxygens (including phenoxy) is 1. The first-order chi connectivity index (χ1) is 12.5. The van der Waals surface area contributed by atoms with E-state index >= 15 is 0 Å². The summed E-state index contributed by atoms with van der Waals surface area (Å²) in [5.41, 5.74) is 1.44. The molecule has 1 heterocycles. The molecule has 0 aromatic heterocycles. The van der Waals surface area contributed by atoms with Gasteiger partial charge in [-0.25, -0.2) is 9.18 Å². The summed E-state index contributed by atoms with van der Waals surface area (Å²) in [6, 6.07) is 11.8. The lowest BCUT2D eigenvalue weighted by atomic mass is 9.94. The molecule has 0 radical (unpaired) electrons. The Kier molecular flexibility index (Phi) is 4.88. The van der Waals surface area contributed by atoms with Crippen molar-refractivity contribution in [3.63, 3.8) is 0 Å². The van der Waals surface area contributed by atoms with E-state index in [0.717, 1.165) is 0 Å². The van der Waals surface area contributed by atoms with E-state index in [9.17, 15) is 14.0 Å². The van der Waals surface area contributed by atoms with Gasteiger partial charge in [-0.05, 0) is 36.8 Å². The molecule has 3 rings (SSSR count). The van der Waals surface area contributed by atoms with E-state index in [-0.39, 0.29) is 5.69 Å². The highest BCUT2D eigenvalue weighted by molar-refractivity contribution is 6.06. The molecule has 2 aromatic rings. The van der Waals surface area contributed by atoms with Crippen molar-refractivity contribution in [1.29, 1.82) is 0 Å². The Morgan fingerprint density at radius 1 is 1.19 bits per heavy atom. The number of nitrogens with one attached hydrogen (secondary N) is 3. The number of hydrogen-bond donors (Lipinski definition) is 3. The van der Waals surface area contributed by atoms with Gasteiger partial charge in [-0.15, -0.1) is 0 Å². The fraction of sp³-hybridized carbons (Fsp3) is 0.158. The number of benzene rings is 2. The minimum Gasteiger partial charge on any atom is -0.497 e. The zero-order valence-corrected chi connectivity index (χ0v) is 14.3. The van der Waals surface area contributed by atoms with Crippen molar-refractivity contribution in [1.82, 2.24) is 10.6 Å². The summed E-state index contributed by atoms with van der Waals surface area (Å²) in [4.78, 5) is 24.7. The van der Waals surface area contributed by atoms with E-state index in [1.165, 1.54) is 25.3 Å². The van der Waals surface area contributed by atoms with Crippen molar-refractivity contribution >= 4 is 17.6 Å². The number of allylic oxidation sites excluding steroid dienone is 1. The Bertz CT molecular complexity index is 895. The molecule has 26 heavy (non-hydrogen) atoms. The van der Waals surface area contributed by atoms with Crippen LogP contribution in [0.1, 0.15) is 18.5 Å². The number of anilines is 1. The quantitative estimate of drug-likeness (QED) is 0.788. The van der Waals surface area contributed by atoms with Gasteiger partial charge in [0.05, 0.1) is 24.4 Å². The van der Waals surface area contributed by atoms with Crippen molar-refractivity contribution in [2.45, 2.75) is 13.0 Å². The number of amides is 3. The molecular formula is C19H18FN3O3. The Labute approximate surface area is 150 Å². The van der Waals surface area contributed by atoms with Gasteiger partial charge in [0.1, 0.15) is 11.6 Å². The average molecular weight is 355 g/mol. The molecule has 2 aromatic carbocycles. The number of methoxy groups -OCH3 is 1. The van der Waals surface area contributed by atoms with Crippen molar-refractivity contribution in [3.8, 4) is 5.75 Å². The minimum atomic E-state index is -0.689. The number of urea groups is 1. The van der Waals surface area contributed by atoms with Crippen molar-refractivity contribution < 1.29 is 18.7 Å². The molecule has 0 fully saturated rings. The fourth-order valence-corrected chi connectivity index (χ4v) is 2.82. The van der Waals surface area contributed by atoms with Crippen LogP contribution in [0.5, 0.6) is 5.75 Å². The van der Waals surface area contributed by atoms with Crippen LogP contribution >= 0.6 is 0 Å². The summed E-state index contributed by atoms with van der Waals surface area (Å²) in [7, 11) is 1.53. The molecule has 0 unspecified atom stereocenters. The van der Waals surface area contributed by atoms with Gasteiger partial charge in [0.15, 0.2) is 0 Å². The van der Waals surface area contributed by atoms with Gasteiger partial charge in [0, 0.05) is 5.70 Å². The smallest absolute Gasteiger partial charge is 0.319 e. The standard InChI is InChI=1S/C19H18FN3O3/c1-11-16(18(24)22-15-9-4-3-8-14(15)20)17(23-19(25)21-11)12-6-5-7-13(10-12)26-2/h3-10,17H,1-2H3,(H,22,24)(H2,21,23,25)/t17-/m1/s1. The summed E-state index contributed by atoms with van der Waals surface area (Å²) >= 11 is 0. The predicted octanol–water partition coefficient (Wildman–Crippen LogP) is 3.10. The van der Waals surface area contributed by atoms with Crippen LogP contribution in [0.4, 0.5) is 14.9 Å². The van der Waals surface area contributed by atoms with E-state index in [4.69, 9.17) is 4.74 Å². The third-order valence-electron chi connectivity index (χ3n) is 4.06. The molecule has 134 valence electrons. The maximum atomic E-state index is 13.9. The van der Waals surface area contributed by atoms with Gasteiger partial charge >= 0.3 is 6.03 Å². The van der Waals surface area contributed by atoms with Crippen LogP contribution in [0.2, 0.25) is 0 Å². The topological polar surface area (TPSA) is 79.5 Å². The molecule has 0 bridgehead atoms. The summed E-state index contributed by atoms with van der Waals surface area (Å²) < 4.78 is 19.1. The maximum Gasteiger partial charge on any atom is 0.319 e. The molecule has 0 saturated heterocycles. The third kappa shape index (κ3) is 3.51. The van der Waals surface area contributed by atoms with Gasteiger partial charge in [-0.2, -0.15) is 0 Å². The van der Waals surface area contributed by atoms with Gasteiger partial charge < -0.3 is 20.7 Å². The van der Waals surface area contributed by atoms with Gasteiger partial charge in [-0.3, -0.25) is 4.79 Å². The zero-order chi connectivity index (χ0) is 18.7. The van der Waals surface area contributed by atoms with Crippen LogP contribution in [0, 0.1) is 5.82 Å². The lowest BCUT2D eigenvalue weighted by Crippen LogP contribution is -2.46. The molecule has 3 N–H and O–H groups in total. The van der Waals surface area contributed by atoms with Crippen molar-refractivity contribution in [3.05, 3.63) is 71.2 Å². The maximum absolute atomic E-state index is 13.9. The average Bonchev–Trinajstić information content (AvgIpc) is 2.63. The van der Waals surface area contributed by atoms with Gasteiger partial charge in [0.25, 0.3) is 5.91 Å². The molecule has 3 amide bonds. The van der Waals surface area contributed by atoms with Crippen LogP contribution in [-0.4, -0.2) is 19.0 Å². The number of carbonyl (C=O) groups is 2. The summed E-state index contributed by atoms with van der Waals surface area (Å²) in [6.07, 6.45) is 0. The Hall–Kier alpha value is -3.35. The van der Waals surface area contributed by atoms with E-state index in [1.807, 2.05) is 0 Å². The first-order valence-corrected chi connectivity index (χ1v) is 7.97. The van der Waals surface area contributed by atoms with E-state index in [1.54, 1.807) is 37.3 Å². The van der Waals surface area contributed by atoms with E-state index < -0.39 is 23.8 Å². The number of para-hydroxylation sites is 1. The van der Waals surface area contributed by atoms with Gasteiger partial charge in [0.2, 0.25) is 0 Å². The monoisotopic (exact) mass is 355 g/mol. The second-order valence-electron chi connectivity index (χ2n) is 5.78. The molecule has 7 heteroatoms. The van der Waals surface area contributed by atoms with Crippen molar-refractivity contribution in [2.24, 2.45) is 0 Å². The Morgan fingerprint density at radius 3 is 2.69 bits per heavy atom. The van der Waals surface area contributed by atoms with E-state index in [2.05, 4.69) is 16.0 Å². The minimum absolute atomic E-state index is 0.0686. The summed E-state index contributed by atoms with van der Waals surface area (Å²) in [5.74, 6) is -0.445. The largest absolute Gasteiger partial charge is 0.497 e. The van der Waals surface area contributed by atoms with Crippen LogP contribution in [0.25, 0.3) is 0 Å². The first kappa shape index (κ1) is 17.5. The third-order valence-corrected chi connectivity index (χ3v) is 4.06.